The molecule has 0 unspecified atom stereocenters. The second kappa shape index (κ2) is 10.9. The average Bonchev–Trinajstić information content (AvgIpc) is 3.06. The number of aromatic nitrogens is 1. The van der Waals surface area contributed by atoms with Crippen LogP contribution in [0, 0.1) is 6.07 Å². The number of aliphatic hydroxyl groups is 1. The Morgan fingerprint density at radius 3 is 2.39 bits per heavy atom. The number of pyridine rings is 1. The summed E-state index contributed by atoms with van der Waals surface area (Å²) in [5, 5.41) is 11.1. The van der Waals surface area contributed by atoms with Gasteiger partial charge >= 0.3 is 146 Å². The zero-order valence-corrected chi connectivity index (χ0v) is 24.5. The van der Waals surface area contributed by atoms with Crippen molar-refractivity contribution in [3.63, 3.8) is 0 Å². The summed E-state index contributed by atoms with van der Waals surface area (Å²) in [5.74, 6) is 7.39. The summed E-state index contributed by atoms with van der Waals surface area (Å²) in [6.45, 7) is 2.85. The second-order valence-electron chi connectivity index (χ2n) is 8.24. The fraction of sp³-hybridized carbons (Fsp3) is 0.200. The van der Waals surface area contributed by atoms with Crippen LogP contribution in [0.25, 0.3) is 30.6 Å². The van der Waals surface area contributed by atoms with Crippen molar-refractivity contribution in [3.8, 4) is 11.3 Å². The molecule has 4 aromatic rings. The normalized spacial score (nSPS) is 11.6. The molecule has 0 aliphatic rings. The number of ketones is 1. The minimum atomic E-state index is -1.87. The first-order valence-electron chi connectivity index (χ1n) is 9.84. The Bertz CT molecular complexity index is 1220. The molecular weight excluding hydrogens is 690 g/mol. The van der Waals surface area contributed by atoms with Gasteiger partial charge in [-0.2, -0.15) is 0 Å². The molecule has 2 aromatic heterocycles. The van der Waals surface area contributed by atoms with Crippen molar-refractivity contribution in [2.75, 3.05) is 0 Å². The van der Waals surface area contributed by atoms with Crippen molar-refractivity contribution in [3.05, 3.63) is 72.6 Å². The van der Waals surface area contributed by atoms with E-state index in [2.05, 4.69) is 59.7 Å². The number of allylic oxidation sites excluding steroid dienone is 2. The Morgan fingerprint density at radius 2 is 1.84 bits per heavy atom. The summed E-state index contributed by atoms with van der Waals surface area (Å²) in [6.07, 6.45) is 3.13. The zero-order chi connectivity index (χ0) is 21.9. The maximum absolute atomic E-state index is 10.0. The van der Waals surface area contributed by atoms with E-state index in [9.17, 15) is 4.79 Å². The number of carbonyl (C=O) groups is 1. The summed E-state index contributed by atoms with van der Waals surface area (Å²) in [6, 6.07) is 20.6. The van der Waals surface area contributed by atoms with Gasteiger partial charge in [0.15, 0.2) is 5.78 Å². The van der Waals surface area contributed by atoms with Crippen LogP contribution in [0.1, 0.15) is 13.8 Å². The van der Waals surface area contributed by atoms with Gasteiger partial charge in [-0.1, -0.05) is 0 Å². The van der Waals surface area contributed by atoms with Gasteiger partial charge in [0.25, 0.3) is 0 Å². The summed E-state index contributed by atoms with van der Waals surface area (Å²) in [7, 11) is 0. The van der Waals surface area contributed by atoms with Crippen LogP contribution < -0.4 is 4.40 Å². The van der Waals surface area contributed by atoms with Crippen LogP contribution in [0.4, 0.5) is 0 Å². The number of aliphatic hydroxyl groups excluding tert-OH is 1. The standard InChI is InChI=1S/C20H18GeNSe.C5H8O2.Ir/c1-21(2,3)16-11-7-10-15-18-17(23-20(15)16)12-13-22-19(18)14-8-5-4-6-9-14;1-4(6)3-5(2)7;/h4-8,10-13H,1-3H3;3,6H,1-2H3;/q-1;;/b;4-3-;. The molecule has 1 radical (unpaired) electrons. The molecule has 0 aliphatic carbocycles. The molecule has 4 rings (SSSR count). The maximum Gasteiger partial charge on any atom is 0 e. The second-order valence-corrected chi connectivity index (χ2v) is 21.0. The van der Waals surface area contributed by atoms with Crippen LogP contribution in [0.2, 0.25) is 17.3 Å². The predicted octanol–water partition coefficient (Wildman–Crippen LogP) is 5.49. The fourth-order valence-electron chi connectivity index (χ4n) is 3.37. The Morgan fingerprint density at radius 1 is 1.10 bits per heavy atom. The van der Waals surface area contributed by atoms with Gasteiger partial charge < -0.3 is 5.11 Å². The molecule has 0 saturated heterocycles. The topological polar surface area (TPSA) is 50.2 Å². The van der Waals surface area contributed by atoms with Crippen molar-refractivity contribution in [1.82, 2.24) is 4.98 Å². The van der Waals surface area contributed by atoms with E-state index in [0.717, 1.165) is 11.3 Å². The monoisotopic (exact) mass is 719 g/mol. The molecule has 0 saturated carbocycles. The summed E-state index contributed by atoms with van der Waals surface area (Å²) in [4.78, 5) is 14.7. The molecule has 0 spiro atoms. The molecule has 1 N–H and O–H groups in total. The van der Waals surface area contributed by atoms with Crippen molar-refractivity contribution < 1.29 is 30.0 Å². The molecule has 3 nitrogen and oxygen atoms in total. The molecule has 163 valence electrons. The fourth-order valence-corrected chi connectivity index (χ4v) is 12.6. The van der Waals surface area contributed by atoms with Crippen LogP contribution in [-0.4, -0.2) is 43.6 Å². The van der Waals surface area contributed by atoms with Gasteiger partial charge in [0.1, 0.15) is 0 Å². The van der Waals surface area contributed by atoms with Crippen molar-refractivity contribution in [2.45, 2.75) is 31.1 Å². The van der Waals surface area contributed by atoms with E-state index in [1.165, 1.54) is 35.0 Å². The molecule has 0 fully saturated rings. The smallest absolute Gasteiger partial charge is 0 e. The van der Waals surface area contributed by atoms with Crippen LogP contribution in [0.5, 0.6) is 0 Å². The predicted molar refractivity (Wildman–Crippen MR) is 131 cm³/mol. The van der Waals surface area contributed by atoms with Crippen LogP contribution >= 0.6 is 0 Å². The molecule has 0 atom stereocenters. The van der Waals surface area contributed by atoms with Gasteiger partial charge in [-0.05, 0) is 13.8 Å². The van der Waals surface area contributed by atoms with E-state index in [1.54, 1.807) is 8.66 Å². The van der Waals surface area contributed by atoms with Gasteiger partial charge in [0, 0.05) is 26.2 Å². The maximum atomic E-state index is 10.0. The largest absolute Gasteiger partial charge is 0 e. The number of fused-ring (bicyclic) bond motifs is 3. The molecule has 6 heteroatoms. The van der Waals surface area contributed by atoms with E-state index in [1.807, 2.05) is 18.3 Å². The van der Waals surface area contributed by atoms with Crippen LogP contribution in [0.3, 0.4) is 0 Å². The number of hydrogen-bond donors (Lipinski definition) is 1. The Labute approximate surface area is 206 Å². The quantitative estimate of drug-likeness (QED) is 0.132. The summed E-state index contributed by atoms with van der Waals surface area (Å²) >= 11 is -1.47. The van der Waals surface area contributed by atoms with Crippen molar-refractivity contribution >= 4 is 57.2 Å². The van der Waals surface area contributed by atoms with Crippen LogP contribution in [-0.2, 0) is 24.9 Å². The summed E-state index contributed by atoms with van der Waals surface area (Å²) in [5.41, 5.74) is 2.18. The molecule has 2 heterocycles. The van der Waals surface area contributed by atoms with Gasteiger partial charge in [-0.15, -0.1) is 0 Å². The number of rotatable bonds is 3. The molecule has 0 amide bonds. The molecule has 0 aliphatic heterocycles. The first kappa shape index (κ1) is 25.8. The number of carbonyl (C=O) groups excluding carboxylic acids is 1. The molecule has 2 aromatic carbocycles. The van der Waals surface area contributed by atoms with E-state index in [-0.39, 0.29) is 31.6 Å². The Hall–Kier alpha value is -1.49. The molecular formula is C25H26GeIrNO2Se-. The van der Waals surface area contributed by atoms with Gasteiger partial charge in [0.2, 0.25) is 0 Å². The van der Waals surface area contributed by atoms with E-state index >= 15 is 0 Å². The minimum Gasteiger partial charge on any atom is 0 e. The van der Waals surface area contributed by atoms with Gasteiger partial charge in [0.05, 0.1) is 5.76 Å². The zero-order valence-electron chi connectivity index (χ0n) is 18.3. The van der Waals surface area contributed by atoms with Gasteiger partial charge in [-0.25, -0.2) is 0 Å². The van der Waals surface area contributed by atoms with Crippen molar-refractivity contribution in [2.24, 2.45) is 0 Å². The Kier molecular flexibility index (Phi) is 9.05. The van der Waals surface area contributed by atoms with E-state index in [0.29, 0.717) is 14.5 Å². The average molecular weight is 716 g/mol. The summed E-state index contributed by atoms with van der Waals surface area (Å²) < 4.78 is 4.73. The van der Waals surface area contributed by atoms with Crippen molar-refractivity contribution in [1.29, 1.82) is 0 Å². The Balaban J connectivity index is 0.000000373. The third kappa shape index (κ3) is 6.28. The SMILES string of the molecule is CC(=O)/C=C(/C)O.[CH3][Ge]([CH3])([CH3])[c]1cccc2c1[se]c1ccnc(-c3[c-]cccc3)c12.[Ir]. The van der Waals surface area contributed by atoms with E-state index < -0.39 is 13.3 Å². The number of benzene rings is 2. The molecule has 0 bridgehead atoms. The molecule has 31 heavy (non-hydrogen) atoms. The minimum absolute atomic E-state index is 0. The third-order valence-electron chi connectivity index (χ3n) is 4.59. The van der Waals surface area contributed by atoms with E-state index in [4.69, 9.17) is 10.1 Å². The van der Waals surface area contributed by atoms with Crippen LogP contribution in [0.15, 0.2) is 66.6 Å². The number of hydrogen-bond acceptors (Lipinski definition) is 3. The first-order chi connectivity index (χ1) is 14.2. The number of nitrogens with zero attached hydrogens (tertiary/aromatic N) is 1. The third-order valence-corrected chi connectivity index (χ3v) is 12.2. The van der Waals surface area contributed by atoms with Gasteiger partial charge in [-0.3, -0.25) is 4.79 Å². The first-order valence-corrected chi connectivity index (χ1v) is 18.9.